The number of ketones is 1. The number of carboxylic acids is 1. The number of halogens is 6. The van der Waals surface area contributed by atoms with E-state index in [9.17, 15) is 35.9 Å². The van der Waals surface area contributed by atoms with Gasteiger partial charge in [-0.05, 0) is 24.3 Å². The summed E-state index contributed by atoms with van der Waals surface area (Å²) in [6.07, 6.45) is -9.63. The van der Waals surface area contributed by atoms with Crippen molar-refractivity contribution in [2.45, 2.75) is 12.7 Å². The van der Waals surface area contributed by atoms with Crippen molar-refractivity contribution in [3.05, 3.63) is 48.0 Å². The van der Waals surface area contributed by atoms with E-state index in [2.05, 4.69) is 14.2 Å². The number of carbonyl (C=O) groups excluding carboxylic acids is 1. The summed E-state index contributed by atoms with van der Waals surface area (Å²) in [5.74, 6) is -3.11. The van der Waals surface area contributed by atoms with Crippen LogP contribution in [0.25, 0.3) is 0 Å². The standard InChI is InChI=1S/C9H7F3O4.C9H5F3O3/c10-9(11,12)16-7-4-2-1-3-6(7)15-5-8(13)14;10-9(11,12)15-7-3-1-2-5-6(13)4-14-8(5)7/h1-4H,5H2,(H,13,14);1-3H,4H2. The van der Waals surface area contributed by atoms with Gasteiger partial charge in [0.25, 0.3) is 0 Å². The van der Waals surface area contributed by atoms with Crippen molar-refractivity contribution in [2.24, 2.45) is 0 Å². The van der Waals surface area contributed by atoms with Gasteiger partial charge < -0.3 is 24.1 Å². The summed E-state index contributed by atoms with van der Waals surface area (Å²) in [5, 5.41) is 8.31. The van der Waals surface area contributed by atoms with Crippen LogP contribution in [0.2, 0.25) is 0 Å². The number of aliphatic carboxylic acids is 1. The molecular weight excluding hydrogens is 442 g/mol. The number of carbonyl (C=O) groups is 2. The van der Waals surface area contributed by atoms with Crippen LogP contribution in [0.1, 0.15) is 10.4 Å². The van der Waals surface area contributed by atoms with E-state index in [0.29, 0.717) is 0 Å². The first-order valence-corrected chi connectivity index (χ1v) is 8.10. The molecule has 0 radical (unpaired) electrons. The fraction of sp³-hybridized carbons (Fsp3) is 0.222. The minimum Gasteiger partial charge on any atom is -0.481 e. The van der Waals surface area contributed by atoms with Gasteiger partial charge in [-0.25, -0.2) is 4.79 Å². The third-order valence-corrected chi connectivity index (χ3v) is 3.28. The Morgan fingerprint density at radius 2 is 1.45 bits per heavy atom. The van der Waals surface area contributed by atoms with Crippen molar-refractivity contribution >= 4 is 11.8 Å². The molecule has 0 fully saturated rings. The number of benzene rings is 2. The number of fused-ring (bicyclic) bond motifs is 1. The summed E-state index contributed by atoms with van der Waals surface area (Å²) < 4.78 is 88.4. The maximum Gasteiger partial charge on any atom is 0.573 e. The van der Waals surface area contributed by atoms with Crippen LogP contribution >= 0.6 is 0 Å². The van der Waals surface area contributed by atoms with E-state index in [-0.39, 0.29) is 29.5 Å². The quantitative estimate of drug-likeness (QED) is 0.677. The molecule has 0 unspecified atom stereocenters. The first kappa shape index (κ1) is 23.6. The van der Waals surface area contributed by atoms with E-state index < -0.39 is 36.8 Å². The number of Topliss-reactive ketones (excluding diaryl/α,β-unsaturated/α-hetero) is 1. The van der Waals surface area contributed by atoms with Crippen LogP contribution in [0.4, 0.5) is 26.3 Å². The Balaban J connectivity index is 0.000000220. The molecule has 13 heteroatoms. The summed E-state index contributed by atoms with van der Waals surface area (Å²) >= 11 is 0. The minimum atomic E-state index is -4.84. The summed E-state index contributed by atoms with van der Waals surface area (Å²) in [6, 6.07) is 8.75. The molecule has 0 aliphatic carbocycles. The second-order valence-corrected chi connectivity index (χ2v) is 5.57. The molecule has 0 aromatic heterocycles. The van der Waals surface area contributed by atoms with Crippen LogP contribution in [0.5, 0.6) is 23.0 Å². The van der Waals surface area contributed by atoms with E-state index in [4.69, 9.17) is 9.84 Å². The van der Waals surface area contributed by atoms with Crippen LogP contribution < -0.4 is 18.9 Å². The Morgan fingerprint density at radius 1 is 0.903 bits per heavy atom. The van der Waals surface area contributed by atoms with Crippen LogP contribution in [-0.4, -0.2) is 42.8 Å². The highest BCUT2D eigenvalue weighted by molar-refractivity contribution is 6.03. The Hall–Kier alpha value is -3.64. The molecule has 0 amide bonds. The second-order valence-electron chi connectivity index (χ2n) is 5.57. The molecule has 1 heterocycles. The number of hydrogen-bond acceptors (Lipinski definition) is 6. The molecular formula is C18H12F6O7. The zero-order valence-electron chi connectivity index (χ0n) is 15.1. The smallest absolute Gasteiger partial charge is 0.481 e. The number of alkyl halides is 6. The third kappa shape index (κ3) is 7.60. The zero-order chi connectivity index (χ0) is 23.2. The molecule has 1 aliphatic rings. The van der Waals surface area contributed by atoms with E-state index in [0.717, 1.165) is 12.1 Å². The second kappa shape index (κ2) is 9.45. The Bertz CT molecular complexity index is 940. The fourth-order valence-corrected chi connectivity index (χ4v) is 2.22. The maximum absolute atomic E-state index is 11.9. The molecule has 1 aliphatic heterocycles. The summed E-state index contributed by atoms with van der Waals surface area (Å²) in [4.78, 5) is 21.3. The highest BCUT2D eigenvalue weighted by Gasteiger charge is 2.35. The lowest BCUT2D eigenvalue weighted by atomic mass is 10.1. The maximum atomic E-state index is 11.9. The molecule has 168 valence electrons. The van der Waals surface area contributed by atoms with Gasteiger partial charge in [0.05, 0.1) is 5.56 Å². The van der Waals surface area contributed by atoms with E-state index in [1.165, 1.54) is 30.3 Å². The summed E-state index contributed by atoms with van der Waals surface area (Å²) in [5.41, 5.74) is 0.122. The van der Waals surface area contributed by atoms with Crippen LogP contribution in [0.15, 0.2) is 42.5 Å². The van der Waals surface area contributed by atoms with Crippen LogP contribution in [0.3, 0.4) is 0 Å². The number of para-hydroxylation sites is 3. The van der Waals surface area contributed by atoms with Gasteiger partial charge in [-0.1, -0.05) is 18.2 Å². The Labute approximate surface area is 169 Å². The van der Waals surface area contributed by atoms with Gasteiger partial charge >= 0.3 is 18.7 Å². The predicted molar refractivity (Wildman–Crippen MR) is 89.2 cm³/mol. The molecule has 2 aromatic carbocycles. The highest BCUT2D eigenvalue weighted by atomic mass is 19.4. The van der Waals surface area contributed by atoms with Crippen molar-refractivity contribution in [1.82, 2.24) is 0 Å². The molecule has 2 aromatic rings. The average molecular weight is 454 g/mol. The lowest BCUT2D eigenvalue weighted by molar-refractivity contribution is -0.276. The summed E-state index contributed by atoms with van der Waals surface area (Å²) in [6.45, 7) is -0.980. The predicted octanol–water partition coefficient (Wildman–Crippen LogP) is 4.21. The minimum absolute atomic E-state index is 0.122. The van der Waals surface area contributed by atoms with Gasteiger partial charge in [-0.15, -0.1) is 26.3 Å². The monoisotopic (exact) mass is 454 g/mol. The molecule has 0 saturated heterocycles. The molecule has 7 nitrogen and oxygen atoms in total. The SMILES string of the molecule is O=C(O)COc1ccccc1OC(F)(F)F.O=C1COc2c(OC(F)(F)F)cccc21. The Morgan fingerprint density at radius 3 is 2.03 bits per heavy atom. The van der Waals surface area contributed by atoms with E-state index in [1.807, 2.05) is 0 Å². The normalized spacial score (nSPS) is 12.8. The number of carboxylic acid groups (broad SMARTS) is 1. The summed E-state index contributed by atoms with van der Waals surface area (Å²) in [7, 11) is 0. The first-order chi connectivity index (χ1) is 14.4. The molecule has 0 atom stereocenters. The van der Waals surface area contributed by atoms with Crippen LogP contribution in [0, 0.1) is 0 Å². The van der Waals surface area contributed by atoms with E-state index >= 15 is 0 Å². The fourth-order valence-electron chi connectivity index (χ4n) is 2.22. The number of ether oxygens (including phenoxy) is 4. The van der Waals surface area contributed by atoms with Gasteiger partial charge in [0.2, 0.25) is 5.78 Å². The molecule has 3 rings (SSSR count). The van der Waals surface area contributed by atoms with Crippen molar-refractivity contribution in [3.8, 4) is 23.0 Å². The van der Waals surface area contributed by atoms with E-state index in [1.54, 1.807) is 0 Å². The van der Waals surface area contributed by atoms with Crippen molar-refractivity contribution in [3.63, 3.8) is 0 Å². The third-order valence-electron chi connectivity index (χ3n) is 3.28. The lowest BCUT2D eigenvalue weighted by Crippen LogP contribution is -2.18. The molecule has 0 spiro atoms. The highest BCUT2D eigenvalue weighted by Crippen LogP contribution is 2.38. The van der Waals surface area contributed by atoms with Gasteiger partial charge in [0, 0.05) is 0 Å². The van der Waals surface area contributed by atoms with Gasteiger partial charge in [-0.2, -0.15) is 0 Å². The van der Waals surface area contributed by atoms with Gasteiger partial charge in [0.15, 0.2) is 36.2 Å². The van der Waals surface area contributed by atoms with Crippen LogP contribution in [-0.2, 0) is 4.79 Å². The molecule has 0 saturated carbocycles. The molecule has 1 N–H and O–H groups in total. The topological polar surface area (TPSA) is 91.3 Å². The van der Waals surface area contributed by atoms with Crippen molar-refractivity contribution in [2.75, 3.05) is 13.2 Å². The number of hydrogen-bond donors (Lipinski definition) is 1. The Kier molecular flexibility index (Phi) is 7.20. The first-order valence-electron chi connectivity index (χ1n) is 8.10. The van der Waals surface area contributed by atoms with Crippen molar-refractivity contribution < 1.29 is 60.0 Å². The lowest BCUT2D eigenvalue weighted by Gasteiger charge is -2.12. The number of rotatable bonds is 5. The van der Waals surface area contributed by atoms with Crippen molar-refractivity contribution in [1.29, 1.82) is 0 Å². The molecule has 31 heavy (non-hydrogen) atoms. The van der Waals surface area contributed by atoms with Gasteiger partial charge in [0.1, 0.15) is 0 Å². The van der Waals surface area contributed by atoms with Gasteiger partial charge in [-0.3, -0.25) is 4.79 Å². The zero-order valence-corrected chi connectivity index (χ0v) is 15.1. The average Bonchev–Trinajstić information content (AvgIpc) is 3.01. The largest absolute Gasteiger partial charge is 0.573 e. The molecule has 0 bridgehead atoms.